The molecule has 0 rings (SSSR count). The van der Waals surface area contributed by atoms with Crippen molar-refractivity contribution < 1.29 is 9.47 Å². The van der Waals surface area contributed by atoms with Gasteiger partial charge in [0.15, 0.2) is 6.29 Å². The van der Waals surface area contributed by atoms with Crippen molar-refractivity contribution in [3.8, 4) is 0 Å². The predicted molar refractivity (Wildman–Crippen MR) is 82.4 cm³/mol. The average Bonchev–Trinajstić information content (AvgIpc) is 2.40. The van der Waals surface area contributed by atoms with Gasteiger partial charge in [-0.15, -0.1) is 0 Å². The van der Waals surface area contributed by atoms with E-state index in [1.54, 1.807) is 0 Å². The van der Waals surface area contributed by atoms with E-state index in [9.17, 15) is 0 Å². The second kappa shape index (κ2) is 11.1. The van der Waals surface area contributed by atoms with Crippen LogP contribution in [0.25, 0.3) is 0 Å². The van der Waals surface area contributed by atoms with Crippen LogP contribution in [0.1, 0.15) is 66.2 Å². The number of unbranched alkanes of at least 4 members (excludes halogenated alkanes) is 2. The van der Waals surface area contributed by atoms with Crippen molar-refractivity contribution in [1.82, 2.24) is 0 Å². The molecule has 0 unspecified atom stereocenters. The summed E-state index contributed by atoms with van der Waals surface area (Å²) in [6, 6.07) is 0. The molecule has 0 radical (unpaired) electrons. The molecule has 0 saturated carbocycles. The molecule has 0 heterocycles. The molecule has 2 nitrogen and oxygen atoms in total. The van der Waals surface area contributed by atoms with Crippen molar-refractivity contribution in [2.75, 3.05) is 19.0 Å². The highest BCUT2D eigenvalue weighted by Gasteiger charge is 2.38. The molecule has 0 N–H and O–H groups in total. The van der Waals surface area contributed by atoms with Gasteiger partial charge in [-0.05, 0) is 26.7 Å². The third-order valence-corrected chi connectivity index (χ3v) is 4.14. The Balaban J connectivity index is 4.81. The molecule has 0 saturated heterocycles. The number of thiol groups is 1. The van der Waals surface area contributed by atoms with Gasteiger partial charge < -0.3 is 9.47 Å². The van der Waals surface area contributed by atoms with Crippen LogP contribution in [0.15, 0.2) is 0 Å². The van der Waals surface area contributed by atoms with Gasteiger partial charge in [0.2, 0.25) is 0 Å². The van der Waals surface area contributed by atoms with Crippen LogP contribution >= 0.6 is 12.6 Å². The van der Waals surface area contributed by atoms with E-state index in [1.807, 2.05) is 13.8 Å². The summed E-state index contributed by atoms with van der Waals surface area (Å²) in [5.74, 6) is 0.845. The van der Waals surface area contributed by atoms with Crippen LogP contribution in [0.5, 0.6) is 0 Å². The zero-order valence-corrected chi connectivity index (χ0v) is 13.6. The van der Waals surface area contributed by atoms with E-state index in [4.69, 9.17) is 9.47 Å². The molecule has 0 bridgehead atoms. The maximum Gasteiger partial charge on any atom is 0.163 e. The largest absolute Gasteiger partial charge is 0.352 e. The molecule has 0 amide bonds. The summed E-state index contributed by atoms with van der Waals surface area (Å²) in [5.41, 5.74) is 0.0845. The monoisotopic (exact) mass is 276 g/mol. The molecule has 0 aromatic rings. The third-order valence-electron chi connectivity index (χ3n) is 3.51. The summed E-state index contributed by atoms with van der Waals surface area (Å²) < 4.78 is 11.7. The Morgan fingerprint density at radius 3 is 1.61 bits per heavy atom. The highest BCUT2D eigenvalue weighted by atomic mass is 32.1. The van der Waals surface area contributed by atoms with Crippen molar-refractivity contribution >= 4 is 12.6 Å². The summed E-state index contributed by atoms with van der Waals surface area (Å²) in [5, 5.41) is 0. The van der Waals surface area contributed by atoms with Gasteiger partial charge >= 0.3 is 0 Å². The molecular formula is C15H32O2S. The van der Waals surface area contributed by atoms with Gasteiger partial charge in [-0.3, -0.25) is 0 Å². The van der Waals surface area contributed by atoms with Crippen LogP contribution in [0, 0.1) is 5.41 Å². The van der Waals surface area contributed by atoms with Gasteiger partial charge in [-0.1, -0.05) is 39.5 Å². The van der Waals surface area contributed by atoms with E-state index >= 15 is 0 Å². The quantitative estimate of drug-likeness (QED) is 0.412. The highest BCUT2D eigenvalue weighted by Crippen LogP contribution is 2.38. The fourth-order valence-corrected chi connectivity index (χ4v) is 2.82. The molecular weight excluding hydrogens is 244 g/mol. The molecule has 0 aliphatic rings. The lowest BCUT2D eigenvalue weighted by Gasteiger charge is -2.39. The van der Waals surface area contributed by atoms with Gasteiger partial charge in [-0.25, -0.2) is 0 Å². The Kier molecular flexibility index (Phi) is 11.3. The molecule has 110 valence electrons. The van der Waals surface area contributed by atoms with Crippen LogP contribution < -0.4 is 0 Å². The minimum atomic E-state index is -0.0944. The number of rotatable bonds is 12. The minimum Gasteiger partial charge on any atom is -0.352 e. The van der Waals surface area contributed by atoms with Gasteiger partial charge in [-0.2, -0.15) is 12.6 Å². The zero-order chi connectivity index (χ0) is 13.9. The minimum absolute atomic E-state index is 0.0845. The van der Waals surface area contributed by atoms with Crippen molar-refractivity contribution in [3.63, 3.8) is 0 Å². The fourth-order valence-electron chi connectivity index (χ4n) is 2.36. The van der Waals surface area contributed by atoms with Crippen molar-refractivity contribution in [3.05, 3.63) is 0 Å². The normalized spacial score (nSPS) is 12.3. The molecule has 0 atom stereocenters. The number of ether oxygens (including phenoxy) is 2. The first-order valence-electron chi connectivity index (χ1n) is 7.54. The summed E-state index contributed by atoms with van der Waals surface area (Å²) in [6.45, 7) is 9.96. The Morgan fingerprint density at radius 2 is 1.33 bits per heavy atom. The average molecular weight is 276 g/mol. The molecule has 0 spiro atoms. The second-order valence-corrected chi connectivity index (χ2v) is 5.29. The Morgan fingerprint density at radius 1 is 0.889 bits per heavy atom. The van der Waals surface area contributed by atoms with Crippen LogP contribution in [0.3, 0.4) is 0 Å². The van der Waals surface area contributed by atoms with Crippen LogP contribution in [-0.4, -0.2) is 25.3 Å². The third kappa shape index (κ3) is 5.94. The highest BCUT2D eigenvalue weighted by molar-refractivity contribution is 7.80. The van der Waals surface area contributed by atoms with E-state index in [0.717, 1.165) is 18.6 Å². The molecule has 3 heteroatoms. The van der Waals surface area contributed by atoms with Crippen molar-refractivity contribution in [2.24, 2.45) is 5.41 Å². The van der Waals surface area contributed by atoms with E-state index < -0.39 is 0 Å². The Hall–Kier alpha value is 0.270. The lowest BCUT2D eigenvalue weighted by Crippen LogP contribution is -2.41. The van der Waals surface area contributed by atoms with Crippen LogP contribution in [-0.2, 0) is 9.47 Å². The van der Waals surface area contributed by atoms with E-state index in [1.165, 1.54) is 25.7 Å². The molecule has 0 aromatic heterocycles. The number of hydrogen-bond donors (Lipinski definition) is 1. The lowest BCUT2D eigenvalue weighted by molar-refractivity contribution is -0.202. The summed E-state index contributed by atoms with van der Waals surface area (Å²) in [6.07, 6.45) is 7.08. The summed E-state index contributed by atoms with van der Waals surface area (Å²) in [7, 11) is 0. The molecule has 0 fully saturated rings. The Labute approximate surface area is 119 Å². The molecule has 18 heavy (non-hydrogen) atoms. The van der Waals surface area contributed by atoms with Crippen molar-refractivity contribution in [1.29, 1.82) is 0 Å². The fraction of sp³-hybridized carbons (Fsp3) is 1.00. The van der Waals surface area contributed by atoms with E-state index in [-0.39, 0.29) is 11.7 Å². The van der Waals surface area contributed by atoms with Gasteiger partial charge in [0, 0.05) is 24.4 Å². The van der Waals surface area contributed by atoms with Crippen LogP contribution in [0.4, 0.5) is 0 Å². The first kappa shape index (κ1) is 18.3. The van der Waals surface area contributed by atoms with Gasteiger partial charge in [0.05, 0.1) is 0 Å². The predicted octanol–water partition coefficient (Wildman–Crippen LogP) is 4.68. The molecule has 0 aromatic carbocycles. The SMILES string of the molecule is CCCCC(CS)(CCCC)C(OCC)OCC. The van der Waals surface area contributed by atoms with Gasteiger partial charge in [0.25, 0.3) is 0 Å². The summed E-state index contributed by atoms with van der Waals surface area (Å²) in [4.78, 5) is 0. The molecule has 0 aliphatic heterocycles. The first-order valence-corrected chi connectivity index (χ1v) is 8.18. The zero-order valence-electron chi connectivity index (χ0n) is 12.7. The first-order chi connectivity index (χ1) is 8.70. The van der Waals surface area contributed by atoms with E-state index in [2.05, 4.69) is 26.5 Å². The standard InChI is InChI=1S/C15H32O2S/c1-5-9-11-15(13-18,12-10-6-2)14(16-7-3)17-8-4/h14,18H,5-13H2,1-4H3. The van der Waals surface area contributed by atoms with Gasteiger partial charge in [0.1, 0.15) is 0 Å². The maximum absolute atomic E-state index is 5.86. The topological polar surface area (TPSA) is 18.5 Å². The summed E-state index contributed by atoms with van der Waals surface area (Å²) >= 11 is 4.61. The molecule has 0 aliphatic carbocycles. The number of hydrogen-bond acceptors (Lipinski definition) is 3. The Bertz CT molecular complexity index is 171. The maximum atomic E-state index is 5.86. The smallest absolute Gasteiger partial charge is 0.163 e. The lowest BCUT2D eigenvalue weighted by atomic mass is 9.79. The van der Waals surface area contributed by atoms with Crippen molar-refractivity contribution in [2.45, 2.75) is 72.5 Å². The van der Waals surface area contributed by atoms with E-state index in [0.29, 0.717) is 13.2 Å². The second-order valence-electron chi connectivity index (χ2n) is 4.97. The van der Waals surface area contributed by atoms with Crippen LogP contribution in [0.2, 0.25) is 0 Å².